The Kier molecular flexibility index (Phi) is 4.42. The van der Waals surface area contributed by atoms with Gasteiger partial charge in [0.1, 0.15) is 11.5 Å². The van der Waals surface area contributed by atoms with Crippen LogP contribution in [-0.2, 0) is 4.79 Å². The molecule has 0 aliphatic carbocycles. The van der Waals surface area contributed by atoms with Crippen LogP contribution >= 0.6 is 0 Å². The lowest BCUT2D eigenvalue weighted by Crippen LogP contribution is -2.20. The number of hydrogen-bond acceptors (Lipinski definition) is 6. The van der Waals surface area contributed by atoms with Crippen molar-refractivity contribution in [2.75, 3.05) is 25.8 Å². The summed E-state index contributed by atoms with van der Waals surface area (Å²) in [6, 6.07) is 12.6. The van der Waals surface area contributed by atoms with Gasteiger partial charge in [-0.25, -0.2) is 0 Å². The monoisotopic (exact) mass is 366 g/mol. The first kappa shape index (κ1) is 17.0. The topological polar surface area (TPSA) is 78.9 Å². The molecule has 0 bridgehead atoms. The molecule has 0 radical (unpaired) electrons. The van der Waals surface area contributed by atoms with Crippen molar-refractivity contribution in [3.8, 4) is 23.0 Å². The van der Waals surface area contributed by atoms with Crippen LogP contribution in [0, 0.1) is 6.92 Å². The summed E-state index contributed by atoms with van der Waals surface area (Å²) < 4.78 is 21.6. The normalized spacial score (nSPS) is 12.1. The summed E-state index contributed by atoms with van der Waals surface area (Å²) in [7, 11) is 1.60. The van der Waals surface area contributed by atoms with Crippen molar-refractivity contribution in [3.63, 3.8) is 0 Å². The zero-order chi connectivity index (χ0) is 18.8. The average Bonchev–Trinajstić information content (AvgIpc) is 3.13. The van der Waals surface area contributed by atoms with E-state index in [0.717, 1.165) is 16.6 Å². The van der Waals surface area contributed by atoms with Gasteiger partial charge in [0.05, 0.1) is 12.6 Å². The van der Waals surface area contributed by atoms with Crippen LogP contribution in [0.25, 0.3) is 10.9 Å². The molecule has 1 amide bonds. The van der Waals surface area contributed by atoms with Crippen LogP contribution in [0.2, 0.25) is 0 Å². The number of nitrogens with zero attached hydrogens (tertiary/aromatic N) is 1. The third kappa shape index (κ3) is 3.57. The molecule has 1 aromatic heterocycles. The lowest BCUT2D eigenvalue weighted by Gasteiger charge is -2.12. The molecule has 2 heterocycles. The Morgan fingerprint density at radius 3 is 2.85 bits per heavy atom. The average molecular weight is 366 g/mol. The second kappa shape index (κ2) is 7.03. The highest BCUT2D eigenvalue weighted by atomic mass is 16.7. The summed E-state index contributed by atoms with van der Waals surface area (Å²) in [5.41, 5.74) is 2.20. The molecule has 0 spiro atoms. The molecule has 0 saturated carbocycles. The first-order valence-corrected chi connectivity index (χ1v) is 8.40. The lowest BCUT2D eigenvalue weighted by atomic mass is 10.1. The number of nitrogens with one attached hydrogen (secondary N) is 1. The number of aryl methyl sites for hydroxylation is 1. The van der Waals surface area contributed by atoms with Crippen LogP contribution in [0.3, 0.4) is 0 Å². The Morgan fingerprint density at radius 1 is 1.15 bits per heavy atom. The summed E-state index contributed by atoms with van der Waals surface area (Å²) in [4.78, 5) is 16.8. The minimum absolute atomic E-state index is 0.135. The van der Waals surface area contributed by atoms with Gasteiger partial charge in [-0.05, 0) is 37.3 Å². The first-order chi connectivity index (χ1) is 13.1. The molecule has 1 aliphatic rings. The highest BCUT2D eigenvalue weighted by Crippen LogP contribution is 2.34. The van der Waals surface area contributed by atoms with Crippen LogP contribution < -0.4 is 24.3 Å². The first-order valence-electron chi connectivity index (χ1n) is 8.40. The molecule has 3 aromatic rings. The van der Waals surface area contributed by atoms with E-state index in [2.05, 4.69) is 10.3 Å². The van der Waals surface area contributed by atoms with Crippen molar-refractivity contribution in [3.05, 3.63) is 48.2 Å². The molecular weight excluding hydrogens is 348 g/mol. The standard InChI is InChI=1S/C20H18N2O5/c1-12-7-18(15-9-14(24-2)4-5-16(15)21-12)25-10-20(23)22-13-3-6-17-19(8-13)27-11-26-17/h3-9H,10-11H2,1-2H3,(H,22,23). The third-order valence-corrected chi connectivity index (χ3v) is 4.12. The highest BCUT2D eigenvalue weighted by molar-refractivity contribution is 5.93. The number of benzene rings is 2. The van der Waals surface area contributed by atoms with Gasteiger partial charge >= 0.3 is 0 Å². The number of hydrogen-bond donors (Lipinski definition) is 1. The molecule has 0 atom stereocenters. The molecule has 7 heteroatoms. The van der Waals surface area contributed by atoms with Crippen molar-refractivity contribution in [1.29, 1.82) is 0 Å². The Bertz CT molecular complexity index is 1020. The molecule has 0 fully saturated rings. The molecule has 1 N–H and O–H groups in total. The van der Waals surface area contributed by atoms with Crippen molar-refractivity contribution >= 4 is 22.5 Å². The number of pyridine rings is 1. The number of carbonyl (C=O) groups excluding carboxylic acids is 1. The number of rotatable bonds is 5. The molecule has 4 rings (SSSR count). The summed E-state index contributed by atoms with van der Waals surface area (Å²) in [6.45, 7) is 1.93. The number of carbonyl (C=O) groups is 1. The molecule has 1 aliphatic heterocycles. The fourth-order valence-corrected chi connectivity index (χ4v) is 2.86. The second-order valence-electron chi connectivity index (χ2n) is 6.05. The van der Waals surface area contributed by atoms with Crippen molar-refractivity contribution < 1.29 is 23.7 Å². The summed E-state index contributed by atoms with van der Waals surface area (Å²) >= 11 is 0. The zero-order valence-corrected chi connectivity index (χ0v) is 14.9. The smallest absolute Gasteiger partial charge is 0.262 e. The summed E-state index contributed by atoms with van der Waals surface area (Å²) in [6.07, 6.45) is 0. The van der Waals surface area contributed by atoms with E-state index >= 15 is 0 Å². The number of ether oxygens (including phenoxy) is 4. The van der Waals surface area contributed by atoms with Gasteiger partial charge in [-0.3, -0.25) is 9.78 Å². The quantitative estimate of drug-likeness (QED) is 0.746. The van der Waals surface area contributed by atoms with Crippen LogP contribution in [-0.4, -0.2) is 31.4 Å². The van der Waals surface area contributed by atoms with Gasteiger partial charge in [0.2, 0.25) is 6.79 Å². The molecule has 0 saturated heterocycles. The molecule has 7 nitrogen and oxygen atoms in total. The van der Waals surface area contributed by atoms with Gasteiger partial charge in [-0.15, -0.1) is 0 Å². The van der Waals surface area contributed by atoms with Crippen LogP contribution in [0.1, 0.15) is 5.69 Å². The van der Waals surface area contributed by atoms with Gasteiger partial charge in [0.25, 0.3) is 5.91 Å². The van der Waals surface area contributed by atoms with Crippen LogP contribution in [0.5, 0.6) is 23.0 Å². The van der Waals surface area contributed by atoms with Crippen molar-refractivity contribution in [1.82, 2.24) is 4.98 Å². The van der Waals surface area contributed by atoms with E-state index in [0.29, 0.717) is 28.7 Å². The van der Waals surface area contributed by atoms with Gasteiger partial charge in [0.15, 0.2) is 18.1 Å². The van der Waals surface area contributed by atoms with Crippen LogP contribution in [0.4, 0.5) is 5.69 Å². The van der Waals surface area contributed by atoms with Gasteiger partial charge < -0.3 is 24.3 Å². The number of anilines is 1. The second-order valence-corrected chi connectivity index (χ2v) is 6.05. The Labute approximate surface area is 155 Å². The maximum atomic E-state index is 12.3. The SMILES string of the molecule is COc1ccc2nc(C)cc(OCC(=O)Nc3ccc4c(c3)OCO4)c2c1. The van der Waals surface area contributed by atoms with E-state index in [1.807, 2.05) is 25.1 Å². The van der Waals surface area contributed by atoms with E-state index < -0.39 is 0 Å². The number of aromatic nitrogens is 1. The fraction of sp³-hybridized carbons (Fsp3) is 0.200. The maximum Gasteiger partial charge on any atom is 0.262 e. The fourth-order valence-electron chi connectivity index (χ4n) is 2.86. The Balaban J connectivity index is 1.48. The number of methoxy groups -OCH3 is 1. The van der Waals surface area contributed by atoms with E-state index in [1.54, 1.807) is 31.4 Å². The van der Waals surface area contributed by atoms with Crippen molar-refractivity contribution in [2.24, 2.45) is 0 Å². The summed E-state index contributed by atoms with van der Waals surface area (Å²) in [5, 5.41) is 3.58. The predicted octanol–water partition coefficient (Wildman–Crippen LogP) is 3.30. The minimum atomic E-state index is -0.278. The van der Waals surface area contributed by atoms with Gasteiger partial charge in [-0.1, -0.05) is 0 Å². The van der Waals surface area contributed by atoms with Gasteiger partial charge in [0, 0.05) is 28.9 Å². The zero-order valence-electron chi connectivity index (χ0n) is 14.9. The number of fused-ring (bicyclic) bond motifs is 2. The predicted molar refractivity (Wildman–Crippen MR) is 99.7 cm³/mol. The molecule has 138 valence electrons. The van der Waals surface area contributed by atoms with Gasteiger partial charge in [-0.2, -0.15) is 0 Å². The molecule has 27 heavy (non-hydrogen) atoms. The van der Waals surface area contributed by atoms with E-state index in [1.165, 1.54) is 0 Å². The highest BCUT2D eigenvalue weighted by Gasteiger charge is 2.15. The molecule has 2 aromatic carbocycles. The number of amides is 1. The van der Waals surface area contributed by atoms with E-state index in [9.17, 15) is 4.79 Å². The Hall–Kier alpha value is -3.48. The minimum Gasteiger partial charge on any atom is -0.497 e. The Morgan fingerprint density at radius 2 is 2.00 bits per heavy atom. The maximum absolute atomic E-state index is 12.3. The van der Waals surface area contributed by atoms with E-state index in [-0.39, 0.29) is 19.3 Å². The largest absolute Gasteiger partial charge is 0.497 e. The van der Waals surface area contributed by atoms with Crippen molar-refractivity contribution in [2.45, 2.75) is 6.92 Å². The van der Waals surface area contributed by atoms with E-state index in [4.69, 9.17) is 18.9 Å². The lowest BCUT2D eigenvalue weighted by molar-refractivity contribution is -0.118. The molecule has 0 unspecified atom stereocenters. The summed E-state index contributed by atoms with van der Waals surface area (Å²) in [5.74, 6) is 2.27. The molecular formula is C20H18N2O5. The third-order valence-electron chi connectivity index (χ3n) is 4.12. The van der Waals surface area contributed by atoms with Crippen LogP contribution in [0.15, 0.2) is 42.5 Å².